The molecule has 0 heterocycles. The zero-order valence-electron chi connectivity index (χ0n) is 12.9. The second-order valence-electron chi connectivity index (χ2n) is 5.83. The van der Waals surface area contributed by atoms with E-state index in [0.717, 1.165) is 38.5 Å². The summed E-state index contributed by atoms with van der Waals surface area (Å²) < 4.78 is 9.86. The topological polar surface area (TPSA) is 52.6 Å². The van der Waals surface area contributed by atoms with E-state index in [-0.39, 0.29) is 18.0 Å². The molecule has 0 rings (SSSR count). The summed E-state index contributed by atoms with van der Waals surface area (Å²) in [5.74, 6) is -0.355. The first kappa shape index (κ1) is 19.2. The van der Waals surface area contributed by atoms with Gasteiger partial charge in [0, 0.05) is 12.8 Å². The van der Waals surface area contributed by atoms with Crippen molar-refractivity contribution in [3.8, 4) is 0 Å². The van der Waals surface area contributed by atoms with Crippen LogP contribution in [-0.2, 0) is 19.1 Å². The van der Waals surface area contributed by atoms with Crippen molar-refractivity contribution in [2.75, 3.05) is 6.07 Å². The molecule has 0 saturated carbocycles. The van der Waals surface area contributed by atoms with Crippen LogP contribution < -0.4 is 0 Å². The van der Waals surface area contributed by atoms with Crippen molar-refractivity contribution in [1.29, 1.82) is 0 Å². The van der Waals surface area contributed by atoms with Gasteiger partial charge in [-0.3, -0.25) is 9.59 Å². The van der Waals surface area contributed by atoms with Gasteiger partial charge in [0.25, 0.3) is 0 Å². The summed E-state index contributed by atoms with van der Waals surface area (Å²) in [4.78, 5) is 22.5. The third-order valence-electron chi connectivity index (χ3n) is 2.65. The van der Waals surface area contributed by atoms with E-state index in [2.05, 4.69) is 4.74 Å². The number of alkyl halides is 1. The van der Waals surface area contributed by atoms with Crippen LogP contribution in [0.15, 0.2) is 0 Å². The van der Waals surface area contributed by atoms with Crippen LogP contribution in [0.1, 0.15) is 72.1 Å². The Hall–Kier alpha value is -0.770. The molecule has 0 atom stereocenters. The summed E-state index contributed by atoms with van der Waals surface area (Å²) in [7, 11) is 0. The van der Waals surface area contributed by atoms with Gasteiger partial charge < -0.3 is 9.47 Å². The Morgan fingerprint density at radius 1 is 0.850 bits per heavy atom. The number of hydrogen-bond acceptors (Lipinski definition) is 4. The predicted octanol–water partition coefficient (Wildman–Crippen LogP) is 4.19. The Morgan fingerprint density at radius 2 is 1.30 bits per heavy atom. The normalized spacial score (nSPS) is 11.2. The van der Waals surface area contributed by atoms with Crippen molar-refractivity contribution in [2.45, 2.75) is 77.7 Å². The molecule has 0 amide bonds. The van der Waals surface area contributed by atoms with Gasteiger partial charge in [0.05, 0.1) is 0 Å². The summed E-state index contributed by atoms with van der Waals surface area (Å²) >= 11 is 5.28. The average molecular weight is 307 g/mol. The lowest BCUT2D eigenvalue weighted by Gasteiger charge is -2.19. The van der Waals surface area contributed by atoms with Crippen molar-refractivity contribution >= 4 is 23.5 Å². The van der Waals surface area contributed by atoms with Crippen LogP contribution in [0, 0.1) is 0 Å². The molecule has 0 aromatic carbocycles. The zero-order chi connectivity index (χ0) is 15.4. The number of rotatable bonds is 10. The fourth-order valence-corrected chi connectivity index (χ4v) is 1.89. The van der Waals surface area contributed by atoms with E-state index in [4.69, 9.17) is 16.3 Å². The minimum absolute atomic E-state index is 0.0660. The maximum atomic E-state index is 11.4. The molecule has 0 unspecified atom stereocenters. The van der Waals surface area contributed by atoms with Crippen LogP contribution in [-0.4, -0.2) is 23.6 Å². The van der Waals surface area contributed by atoms with Crippen LogP contribution in [0.25, 0.3) is 0 Å². The van der Waals surface area contributed by atoms with Gasteiger partial charge in [-0.05, 0) is 33.6 Å². The first-order valence-electron chi connectivity index (χ1n) is 7.28. The minimum Gasteiger partial charge on any atom is -0.460 e. The third kappa shape index (κ3) is 13.7. The van der Waals surface area contributed by atoms with E-state index < -0.39 is 5.60 Å². The van der Waals surface area contributed by atoms with Crippen LogP contribution in [0.5, 0.6) is 0 Å². The van der Waals surface area contributed by atoms with Crippen LogP contribution in [0.4, 0.5) is 0 Å². The number of carbonyl (C=O) groups is 2. The van der Waals surface area contributed by atoms with Crippen molar-refractivity contribution in [2.24, 2.45) is 0 Å². The molecule has 118 valence electrons. The molecule has 20 heavy (non-hydrogen) atoms. The van der Waals surface area contributed by atoms with Gasteiger partial charge in [0.2, 0.25) is 0 Å². The van der Waals surface area contributed by atoms with E-state index in [1.807, 2.05) is 20.8 Å². The average Bonchev–Trinajstić information content (AvgIpc) is 2.30. The van der Waals surface area contributed by atoms with Gasteiger partial charge >= 0.3 is 11.9 Å². The molecule has 0 saturated heterocycles. The Bertz CT molecular complexity index is 284. The molecule has 0 fully saturated rings. The Labute approximate surface area is 127 Å². The molecule has 0 radical (unpaired) electrons. The molecular formula is C15H27ClO4. The monoisotopic (exact) mass is 306 g/mol. The van der Waals surface area contributed by atoms with Crippen LogP contribution in [0.3, 0.4) is 0 Å². The Balaban J connectivity index is 3.33. The summed E-state index contributed by atoms with van der Waals surface area (Å²) in [6.45, 7) is 5.63. The molecule has 0 N–H and O–H groups in total. The molecule has 5 heteroatoms. The second-order valence-corrected chi connectivity index (χ2v) is 6.05. The largest absolute Gasteiger partial charge is 0.460 e. The Morgan fingerprint density at radius 3 is 1.75 bits per heavy atom. The van der Waals surface area contributed by atoms with E-state index in [0.29, 0.717) is 12.8 Å². The maximum Gasteiger partial charge on any atom is 0.306 e. The summed E-state index contributed by atoms with van der Waals surface area (Å²) in [6.07, 6.45) is 6.79. The summed E-state index contributed by atoms with van der Waals surface area (Å²) in [5, 5.41) is 0. The van der Waals surface area contributed by atoms with Gasteiger partial charge in [-0.25, -0.2) is 0 Å². The van der Waals surface area contributed by atoms with Crippen molar-refractivity contribution < 1.29 is 19.1 Å². The van der Waals surface area contributed by atoms with E-state index in [9.17, 15) is 9.59 Å². The molecule has 0 aliphatic carbocycles. The molecule has 0 aliphatic rings. The quantitative estimate of drug-likeness (QED) is 0.345. The lowest BCUT2D eigenvalue weighted by molar-refractivity contribution is -0.155. The van der Waals surface area contributed by atoms with Crippen molar-refractivity contribution in [3.05, 3.63) is 0 Å². The van der Waals surface area contributed by atoms with Gasteiger partial charge in [0.15, 0.2) is 6.07 Å². The zero-order valence-corrected chi connectivity index (χ0v) is 13.6. The van der Waals surface area contributed by atoms with Crippen molar-refractivity contribution in [1.82, 2.24) is 0 Å². The fourth-order valence-electron chi connectivity index (χ4n) is 1.77. The molecule has 0 aliphatic heterocycles. The van der Waals surface area contributed by atoms with Gasteiger partial charge in [-0.15, -0.1) is 0 Å². The van der Waals surface area contributed by atoms with E-state index in [1.54, 1.807) is 0 Å². The standard InChI is InChI=1S/C15H27ClO4/c1-15(2,3)20-14(18)11-9-7-5-4-6-8-10-13(17)19-12-16/h4-12H2,1-3H3. The third-order valence-corrected chi connectivity index (χ3v) is 2.76. The predicted molar refractivity (Wildman–Crippen MR) is 79.6 cm³/mol. The summed E-state index contributed by atoms with van der Waals surface area (Å²) in [5.41, 5.74) is -0.394. The number of carbonyl (C=O) groups excluding carboxylic acids is 2. The SMILES string of the molecule is CC(C)(C)OC(=O)CCCCCCCCC(=O)OCCl. The van der Waals surface area contributed by atoms with Crippen LogP contribution >= 0.6 is 11.6 Å². The fraction of sp³-hybridized carbons (Fsp3) is 0.867. The van der Waals surface area contributed by atoms with E-state index in [1.165, 1.54) is 0 Å². The lowest BCUT2D eigenvalue weighted by atomic mass is 10.1. The summed E-state index contributed by atoms with van der Waals surface area (Å²) in [6, 6.07) is -0.0660. The minimum atomic E-state index is -0.394. The number of halogens is 1. The number of esters is 2. The first-order valence-corrected chi connectivity index (χ1v) is 7.82. The van der Waals surface area contributed by atoms with Crippen molar-refractivity contribution in [3.63, 3.8) is 0 Å². The van der Waals surface area contributed by atoms with E-state index >= 15 is 0 Å². The molecular weight excluding hydrogens is 280 g/mol. The Kier molecular flexibility index (Phi) is 10.5. The maximum absolute atomic E-state index is 11.4. The molecule has 0 aromatic rings. The lowest BCUT2D eigenvalue weighted by Crippen LogP contribution is -2.23. The smallest absolute Gasteiger partial charge is 0.306 e. The number of hydrogen-bond donors (Lipinski definition) is 0. The van der Waals surface area contributed by atoms with Gasteiger partial charge in [-0.1, -0.05) is 37.3 Å². The number of unbranched alkanes of at least 4 members (excludes halogenated alkanes) is 5. The number of ether oxygens (including phenoxy) is 2. The highest BCUT2D eigenvalue weighted by atomic mass is 35.5. The molecule has 4 nitrogen and oxygen atoms in total. The molecule has 0 bridgehead atoms. The van der Waals surface area contributed by atoms with Gasteiger partial charge in [-0.2, -0.15) is 0 Å². The highest BCUT2D eigenvalue weighted by Gasteiger charge is 2.15. The second kappa shape index (κ2) is 11.0. The van der Waals surface area contributed by atoms with Crippen LogP contribution in [0.2, 0.25) is 0 Å². The highest BCUT2D eigenvalue weighted by molar-refractivity contribution is 6.17. The molecule has 0 spiro atoms. The highest BCUT2D eigenvalue weighted by Crippen LogP contribution is 2.12. The molecule has 0 aromatic heterocycles. The van der Waals surface area contributed by atoms with Gasteiger partial charge in [0.1, 0.15) is 5.60 Å². The first-order chi connectivity index (χ1) is 9.35.